The van der Waals surface area contributed by atoms with Gasteiger partial charge >= 0.3 is 0 Å². The van der Waals surface area contributed by atoms with Gasteiger partial charge in [-0.05, 0) is 36.2 Å². The second kappa shape index (κ2) is 4.99. The molecule has 5 heteroatoms. The molecule has 2 fully saturated rings. The number of aromatic amines is 1. The normalized spacial score (nSPS) is 29.1. The Bertz CT molecular complexity index is 947. The third kappa shape index (κ3) is 1.90. The molecule has 1 aromatic heterocycles. The second-order valence-corrected chi connectivity index (χ2v) is 8.62. The summed E-state index contributed by atoms with van der Waals surface area (Å²) in [5.74, 6) is 0.243. The van der Waals surface area contributed by atoms with Crippen molar-refractivity contribution in [2.75, 3.05) is 39.9 Å². The monoisotopic (exact) mass is 349 g/mol. The molecule has 1 aromatic carbocycles. The summed E-state index contributed by atoms with van der Waals surface area (Å²) in [4.78, 5) is 20.9. The van der Waals surface area contributed by atoms with Crippen LogP contribution in [-0.2, 0) is 16.0 Å². The van der Waals surface area contributed by atoms with Crippen LogP contribution in [0.15, 0.2) is 30.5 Å². The average molecular weight is 349 g/mol. The van der Waals surface area contributed by atoms with Crippen molar-refractivity contribution in [2.45, 2.75) is 12.5 Å². The number of carbonyl (C=O) groups is 1. The van der Waals surface area contributed by atoms with Crippen LogP contribution < -0.4 is 0 Å². The second-order valence-electron chi connectivity index (χ2n) is 8.62. The van der Waals surface area contributed by atoms with Crippen molar-refractivity contribution in [3.63, 3.8) is 0 Å². The van der Waals surface area contributed by atoms with Crippen LogP contribution in [0.1, 0.15) is 11.1 Å². The number of likely N-dealkylation sites (N-methyl/N-ethyl adjacent to an activating group) is 1. The number of benzene rings is 1. The average Bonchev–Trinajstić information content (AvgIpc) is 2.97. The van der Waals surface area contributed by atoms with Crippen molar-refractivity contribution in [3.05, 3.63) is 41.6 Å². The van der Waals surface area contributed by atoms with Gasteiger partial charge in [0.25, 0.3) is 0 Å². The van der Waals surface area contributed by atoms with E-state index in [1.54, 1.807) is 0 Å². The van der Waals surface area contributed by atoms with Gasteiger partial charge in [0.05, 0.1) is 24.5 Å². The zero-order valence-electron chi connectivity index (χ0n) is 15.0. The van der Waals surface area contributed by atoms with Crippen molar-refractivity contribution in [2.24, 2.45) is 11.3 Å². The molecule has 6 rings (SSSR count). The summed E-state index contributed by atoms with van der Waals surface area (Å²) in [5, 5.41) is 1.34. The molecule has 2 aromatic rings. The molecule has 3 aliphatic heterocycles. The van der Waals surface area contributed by atoms with Crippen molar-refractivity contribution in [1.82, 2.24) is 14.8 Å². The summed E-state index contributed by atoms with van der Waals surface area (Å²) in [7, 11) is 2.16. The van der Waals surface area contributed by atoms with Crippen LogP contribution in [0.2, 0.25) is 0 Å². The Morgan fingerprint density at radius 2 is 2.15 bits per heavy atom. The Morgan fingerprint density at radius 3 is 2.92 bits per heavy atom. The van der Waals surface area contributed by atoms with Gasteiger partial charge in [0.15, 0.2) is 0 Å². The minimum atomic E-state index is -0.0413. The van der Waals surface area contributed by atoms with E-state index in [-0.39, 0.29) is 17.2 Å². The van der Waals surface area contributed by atoms with Crippen LogP contribution in [0.25, 0.3) is 16.5 Å². The van der Waals surface area contributed by atoms with Gasteiger partial charge in [-0.3, -0.25) is 9.69 Å². The molecule has 1 aliphatic carbocycles. The lowest BCUT2D eigenvalue weighted by Gasteiger charge is -2.55. The van der Waals surface area contributed by atoms with E-state index in [1.165, 1.54) is 27.6 Å². The highest BCUT2D eigenvalue weighted by molar-refractivity contribution is 5.99. The van der Waals surface area contributed by atoms with Gasteiger partial charge in [0, 0.05) is 42.8 Å². The smallest absolute Gasteiger partial charge is 0.230 e. The lowest BCUT2D eigenvalue weighted by atomic mass is 9.76. The van der Waals surface area contributed by atoms with E-state index in [1.807, 2.05) is 4.90 Å². The van der Waals surface area contributed by atoms with Crippen molar-refractivity contribution >= 4 is 22.4 Å². The van der Waals surface area contributed by atoms with E-state index in [4.69, 9.17) is 4.74 Å². The Balaban J connectivity index is 1.36. The molecule has 0 saturated carbocycles. The van der Waals surface area contributed by atoms with Crippen LogP contribution in [0.3, 0.4) is 0 Å². The van der Waals surface area contributed by atoms with E-state index in [9.17, 15) is 4.79 Å². The van der Waals surface area contributed by atoms with Crippen molar-refractivity contribution in [1.29, 1.82) is 0 Å². The summed E-state index contributed by atoms with van der Waals surface area (Å²) in [6.07, 6.45) is 5.43. The summed E-state index contributed by atoms with van der Waals surface area (Å²) in [6, 6.07) is 6.83. The number of carbonyl (C=O) groups excluding carboxylic acids is 1. The van der Waals surface area contributed by atoms with Gasteiger partial charge in [-0.15, -0.1) is 0 Å². The van der Waals surface area contributed by atoms with Crippen LogP contribution in [0.4, 0.5) is 0 Å². The zero-order chi connectivity index (χ0) is 17.5. The maximum Gasteiger partial charge on any atom is 0.230 e. The van der Waals surface area contributed by atoms with Crippen LogP contribution in [-0.4, -0.2) is 66.6 Å². The Morgan fingerprint density at radius 1 is 1.31 bits per heavy atom. The largest absolute Gasteiger partial charge is 0.380 e. The number of fused-ring (bicyclic) bond motifs is 2. The molecule has 26 heavy (non-hydrogen) atoms. The van der Waals surface area contributed by atoms with E-state index >= 15 is 0 Å². The van der Waals surface area contributed by atoms with Crippen LogP contribution in [0, 0.1) is 11.3 Å². The Labute approximate surface area is 152 Å². The first-order chi connectivity index (χ1) is 12.6. The number of rotatable bonds is 1. The third-order valence-corrected chi connectivity index (χ3v) is 6.77. The molecule has 2 unspecified atom stereocenters. The van der Waals surface area contributed by atoms with E-state index < -0.39 is 0 Å². The Kier molecular flexibility index (Phi) is 2.88. The predicted octanol–water partition coefficient (Wildman–Crippen LogP) is 1.90. The number of H-pyrrole nitrogens is 1. The van der Waals surface area contributed by atoms with Gasteiger partial charge in [-0.25, -0.2) is 0 Å². The number of likely N-dealkylation sites (tertiary alicyclic amines) is 1. The molecular weight excluding hydrogens is 326 g/mol. The molecule has 4 aliphatic rings. The van der Waals surface area contributed by atoms with E-state index in [0.29, 0.717) is 6.04 Å². The van der Waals surface area contributed by atoms with E-state index in [2.05, 4.69) is 47.4 Å². The molecular formula is C21H23N3O2. The SMILES string of the molecule is CN1CC(C(=O)N2CC3(COC3)C2)C=C2c3cccc4[nH]cc(c34)CC21. The van der Waals surface area contributed by atoms with Gasteiger partial charge in [-0.2, -0.15) is 0 Å². The molecule has 1 spiro atoms. The standard InChI is InChI=1S/C21H23N3O2/c1-23-8-14(20(25)24-9-21(10-24)11-26-12-21)5-16-15-3-2-4-17-19(15)13(7-22-17)6-18(16)23/h2-5,7,14,18,22H,6,8-12H2,1H3. The first-order valence-electron chi connectivity index (χ1n) is 9.51. The maximum atomic E-state index is 13.1. The van der Waals surface area contributed by atoms with Crippen LogP contribution in [0.5, 0.6) is 0 Å². The summed E-state index contributed by atoms with van der Waals surface area (Å²) < 4.78 is 5.34. The molecule has 1 amide bonds. The minimum absolute atomic E-state index is 0.0413. The molecule has 4 heterocycles. The van der Waals surface area contributed by atoms with E-state index in [0.717, 1.165) is 39.3 Å². The van der Waals surface area contributed by atoms with Crippen molar-refractivity contribution < 1.29 is 9.53 Å². The lowest BCUT2D eigenvalue weighted by Crippen LogP contribution is -2.68. The predicted molar refractivity (Wildman–Crippen MR) is 99.7 cm³/mol. The minimum Gasteiger partial charge on any atom is -0.380 e. The fourth-order valence-electron chi connectivity index (χ4n) is 5.33. The summed E-state index contributed by atoms with van der Waals surface area (Å²) in [5.41, 5.74) is 5.50. The third-order valence-electron chi connectivity index (χ3n) is 6.77. The number of nitrogens with one attached hydrogen (secondary N) is 1. The summed E-state index contributed by atoms with van der Waals surface area (Å²) in [6.45, 7) is 4.20. The van der Waals surface area contributed by atoms with Gasteiger partial charge in [0.2, 0.25) is 5.91 Å². The molecule has 134 valence electrons. The van der Waals surface area contributed by atoms with Gasteiger partial charge < -0.3 is 14.6 Å². The number of ether oxygens (including phenoxy) is 1. The number of aromatic nitrogens is 1. The maximum absolute atomic E-state index is 13.1. The van der Waals surface area contributed by atoms with Crippen LogP contribution >= 0.6 is 0 Å². The molecule has 2 atom stereocenters. The first kappa shape index (κ1) is 15.0. The van der Waals surface area contributed by atoms with Gasteiger partial charge in [-0.1, -0.05) is 18.2 Å². The summed E-state index contributed by atoms with van der Waals surface area (Å²) >= 11 is 0. The first-order valence-corrected chi connectivity index (χ1v) is 9.51. The number of amides is 1. The number of hydrogen-bond acceptors (Lipinski definition) is 3. The fraction of sp³-hybridized carbons (Fsp3) is 0.476. The number of hydrogen-bond donors (Lipinski definition) is 1. The molecule has 0 radical (unpaired) electrons. The topological polar surface area (TPSA) is 48.6 Å². The molecule has 0 bridgehead atoms. The zero-order valence-corrected chi connectivity index (χ0v) is 15.0. The fourth-order valence-corrected chi connectivity index (χ4v) is 5.33. The highest BCUT2D eigenvalue weighted by Gasteiger charge is 2.51. The highest BCUT2D eigenvalue weighted by Crippen LogP contribution is 2.42. The molecule has 2 saturated heterocycles. The molecule has 1 N–H and O–H groups in total. The Hall–Kier alpha value is -2.11. The molecule has 5 nitrogen and oxygen atoms in total. The van der Waals surface area contributed by atoms with Gasteiger partial charge in [0.1, 0.15) is 0 Å². The highest BCUT2D eigenvalue weighted by atomic mass is 16.5. The number of nitrogens with zero attached hydrogens (tertiary/aromatic N) is 2. The lowest BCUT2D eigenvalue weighted by molar-refractivity contribution is -0.197. The quantitative estimate of drug-likeness (QED) is 0.855. The van der Waals surface area contributed by atoms with Crippen molar-refractivity contribution in [3.8, 4) is 0 Å².